The van der Waals surface area contributed by atoms with Crippen LogP contribution >= 0.6 is 0 Å². The minimum absolute atomic E-state index is 0.230. The van der Waals surface area contributed by atoms with Gasteiger partial charge in [0.25, 0.3) is 0 Å². The number of para-hydroxylation sites is 2. The summed E-state index contributed by atoms with van der Waals surface area (Å²) >= 11 is 0. The Morgan fingerprint density at radius 1 is 1.10 bits per heavy atom. The number of aromatic nitrogens is 1. The molecule has 0 aliphatic rings. The number of aromatic carboxylic acids is 1. The van der Waals surface area contributed by atoms with Crippen LogP contribution in [0.2, 0.25) is 0 Å². The molecule has 0 radical (unpaired) electrons. The van der Waals surface area contributed by atoms with Crippen molar-refractivity contribution in [1.82, 2.24) is 4.57 Å². The quantitative estimate of drug-likeness (QED) is 0.771. The lowest BCUT2D eigenvalue weighted by molar-refractivity contribution is 0.0699. The van der Waals surface area contributed by atoms with Crippen molar-refractivity contribution in [2.24, 2.45) is 0 Å². The van der Waals surface area contributed by atoms with E-state index in [1.165, 1.54) is 0 Å². The average Bonchev–Trinajstić information content (AvgIpc) is 2.87. The maximum Gasteiger partial charge on any atom is 0.337 e. The zero-order valence-corrected chi connectivity index (χ0v) is 10.4. The summed E-state index contributed by atoms with van der Waals surface area (Å²) in [5.41, 5.74) is 2.19. The van der Waals surface area contributed by atoms with Gasteiger partial charge in [-0.15, -0.1) is 0 Å². The average molecular weight is 262 g/mol. The molecule has 4 heteroatoms. The van der Waals surface area contributed by atoms with Crippen molar-refractivity contribution in [3.8, 4) is 11.8 Å². The highest BCUT2D eigenvalue weighted by Gasteiger charge is 2.15. The first-order valence-electron chi connectivity index (χ1n) is 6.05. The molecule has 2 aromatic carbocycles. The standard InChI is InChI=1S/C16H10N2O2/c17-9-11-5-1-3-7-14(11)18-10-13(16(19)20)12-6-2-4-8-15(12)18/h1-8,10H,(H,19,20). The molecule has 1 N–H and O–H groups in total. The molecule has 0 saturated heterocycles. The lowest BCUT2D eigenvalue weighted by atomic mass is 10.2. The summed E-state index contributed by atoms with van der Waals surface area (Å²) in [5, 5.41) is 19.1. The smallest absolute Gasteiger partial charge is 0.337 e. The van der Waals surface area contributed by atoms with E-state index in [-0.39, 0.29) is 5.56 Å². The van der Waals surface area contributed by atoms with Crippen molar-refractivity contribution < 1.29 is 9.90 Å². The number of hydrogen-bond acceptors (Lipinski definition) is 2. The highest BCUT2D eigenvalue weighted by atomic mass is 16.4. The maximum atomic E-state index is 11.3. The summed E-state index contributed by atoms with van der Waals surface area (Å²) in [5.74, 6) is -0.977. The van der Waals surface area contributed by atoms with Crippen molar-refractivity contribution in [1.29, 1.82) is 5.26 Å². The predicted octanol–water partition coefficient (Wildman–Crippen LogP) is 3.20. The first-order valence-corrected chi connectivity index (χ1v) is 6.05. The van der Waals surface area contributed by atoms with Crippen molar-refractivity contribution in [2.75, 3.05) is 0 Å². The van der Waals surface area contributed by atoms with Crippen LogP contribution in [-0.4, -0.2) is 15.6 Å². The molecule has 1 aromatic heterocycles. The highest BCUT2D eigenvalue weighted by Crippen LogP contribution is 2.26. The van der Waals surface area contributed by atoms with Gasteiger partial charge in [0.2, 0.25) is 0 Å². The monoisotopic (exact) mass is 262 g/mol. The largest absolute Gasteiger partial charge is 0.478 e. The zero-order valence-electron chi connectivity index (χ0n) is 10.4. The molecular weight excluding hydrogens is 252 g/mol. The third-order valence-corrected chi connectivity index (χ3v) is 3.23. The van der Waals surface area contributed by atoms with Crippen molar-refractivity contribution in [2.45, 2.75) is 0 Å². The second kappa shape index (κ2) is 4.56. The van der Waals surface area contributed by atoms with Crippen molar-refractivity contribution >= 4 is 16.9 Å². The Morgan fingerprint density at radius 2 is 1.80 bits per heavy atom. The fourth-order valence-corrected chi connectivity index (χ4v) is 2.33. The van der Waals surface area contributed by atoms with Crippen LogP contribution in [0.1, 0.15) is 15.9 Å². The number of carboxylic acid groups (broad SMARTS) is 1. The lowest BCUT2D eigenvalue weighted by Crippen LogP contribution is -1.96. The van der Waals surface area contributed by atoms with Gasteiger partial charge in [-0.3, -0.25) is 0 Å². The minimum atomic E-state index is -0.977. The lowest BCUT2D eigenvalue weighted by Gasteiger charge is -2.06. The van der Waals surface area contributed by atoms with Gasteiger partial charge in [0.1, 0.15) is 6.07 Å². The van der Waals surface area contributed by atoms with Gasteiger partial charge in [0.15, 0.2) is 0 Å². The number of carbonyl (C=O) groups is 1. The molecule has 3 aromatic rings. The minimum Gasteiger partial charge on any atom is -0.478 e. The topological polar surface area (TPSA) is 66.0 Å². The fraction of sp³-hybridized carbons (Fsp3) is 0. The molecule has 0 bridgehead atoms. The Bertz CT molecular complexity index is 856. The van der Waals surface area contributed by atoms with Crippen molar-refractivity contribution in [3.05, 3.63) is 65.9 Å². The van der Waals surface area contributed by atoms with Crippen LogP contribution in [0.4, 0.5) is 0 Å². The molecule has 4 nitrogen and oxygen atoms in total. The zero-order chi connectivity index (χ0) is 14.1. The Morgan fingerprint density at radius 3 is 2.55 bits per heavy atom. The van der Waals surface area contributed by atoms with E-state index in [0.29, 0.717) is 16.6 Å². The highest BCUT2D eigenvalue weighted by molar-refractivity contribution is 6.04. The van der Waals surface area contributed by atoms with Crippen LogP contribution < -0.4 is 0 Å². The number of fused-ring (bicyclic) bond motifs is 1. The Kier molecular flexibility index (Phi) is 2.73. The summed E-state index contributed by atoms with van der Waals surface area (Å²) in [7, 11) is 0. The maximum absolute atomic E-state index is 11.3. The van der Waals surface area contributed by atoms with Gasteiger partial charge in [-0.1, -0.05) is 30.3 Å². The van der Waals surface area contributed by atoms with E-state index in [1.807, 2.05) is 18.2 Å². The molecule has 96 valence electrons. The molecule has 0 saturated carbocycles. The third-order valence-electron chi connectivity index (χ3n) is 3.23. The van der Waals surface area contributed by atoms with Gasteiger partial charge in [-0.05, 0) is 18.2 Å². The van der Waals surface area contributed by atoms with Crippen LogP contribution in [0, 0.1) is 11.3 Å². The SMILES string of the molecule is N#Cc1ccccc1-n1cc(C(=O)O)c2ccccc21. The van der Waals surface area contributed by atoms with Gasteiger partial charge < -0.3 is 9.67 Å². The molecular formula is C16H10N2O2. The molecule has 20 heavy (non-hydrogen) atoms. The van der Waals surface area contributed by atoms with Gasteiger partial charge in [-0.25, -0.2) is 4.79 Å². The van der Waals surface area contributed by atoms with E-state index in [9.17, 15) is 15.2 Å². The van der Waals surface area contributed by atoms with Crippen LogP contribution in [-0.2, 0) is 0 Å². The van der Waals surface area contributed by atoms with E-state index in [4.69, 9.17) is 0 Å². The second-order valence-electron chi connectivity index (χ2n) is 4.36. The number of rotatable bonds is 2. The number of nitrogens with zero attached hydrogens (tertiary/aromatic N) is 2. The number of benzene rings is 2. The summed E-state index contributed by atoms with van der Waals surface area (Å²) < 4.78 is 1.75. The van der Waals surface area contributed by atoms with E-state index in [0.717, 1.165) is 5.52 Å². The van der Waals surface area contributed by atoms with Crippen LogP contribution in [0.3, 0.4) is 0 Å². The Labute approximate surface area is 115 Å². The Balaban J connectivity index is 2.38. The summed E-state index contributed by atoms with van der Waals surface area (Å²) in [4.78, 5) is 11.3. The number of hydrogen-bond donors (Lipinski definition) is 1. The molecule has 0 aliphatic heterocycles. The summed E-state index contributed by atoms with van der Waals surface area (Å²) in [6, 6.07) is 16.5. The molecule has 1 heterocycles. The first kappa shape index (κ1) is 12.0. The van der Waals surface area contributed by atoms with E-state index in [1.54, 1.807) is 41.1 Å². The van der Waals surface area contributed by atoms with Crippen LogP contribution in [0.5, 0.6) is 0 Å². The third kappa shape index (κ3) is 1.73. The second-order valence-corrected chi connectivity index (χ2v) is 4.36. The first-order chi connectivity index (χ1) is 9.72. The predicted molar refractivity (Wildman–Crippen MR) is 74.9 cm³/mol. The van der Waals surface area contributed by atoms with Gasteiger partial charge >= 0.3 is 5.97 Å². The van der Waals surface area contributed by atoms with Gasteiger partial charge in [-0.2, -0.15) is 5.26 Å². The van der Waals surface area contributed by atoms with E-state index in [2.05, 4.69) is 6.07 Å². The normalized spacial score (nSPS) is 10.3. The fourth-order valence-electron chi connectivity index (χ4n) is 2.33. The number of carboxylic acids is 1. The number of nitriles is 1. The van der Waals surface area contributed by atoms with Gasteiger partial charge in [0.05, 0.1) is 22.3 Å². The van der Waals surface area contributed by atoms with E-state index >= 15 is 0 Å². The van der Waals surface area contributed by atoms with Crippen molar-refractivity contribution in [3.63, 3.8) is 0 Å². The molecule has 0 atom stereocenters. The molecule has 0 aliphatic carbocycles. The van der Waals surface area contributed by atoms with E-state index < -0.39 is 5.97 Å². The summed E-state index contributed by atoms with van der Waals surface area (Å²) in [6.45, 7) is 0. The van der Waals surface area contributed by atoms with Crippen LogP contribution in [0.15, 0.2) is 54.7 Å². The molecule has 0 unspecified atom stereocenters. The molecule has 0 spiro atoms. The molecule has 3 rings (SSSR count). The Hall–Kier alpha value is -3.06. The van der Waals surface area contributed by atoms with Gasteiger partial charge in [0, 0.05) is 11.6 Å². The van der Waals surface area contributed by atoms with Crippen LogP contribution in [0.25, 0.3) is 16.6 Å². The summed E-state index contributed by atoms with van der Waals surface area (Å²) in [6.07, 6.45) is 1.56. The molecule has 0 fully saturated rings. The molecule has 0 amide bonds.